The fraction of sp³-hybridized carbons (Fsp3) is 0.682. The molecule has 7 heteroatoms. The van der Waals surface area contributed by atoms with Crippen molar-refractivity contribution in [2.75, 3.05) is 19.8 Å². The second-order valence-electron chi connectivity index (χ2n) is 8.46. The van der Waals surface area contributed by atoms with Gasteiger partial charge in [0.1, 0.15) is 6.10 Å². The minimum atomic E-state index is 0.223. The number of pyridine rings is 1. The molecule has 2 aromatic heterocycles. The van der Waals surface area contributed by atoms with Crippen molar-refractivity contribution in [2.45, 2.75) is 76.0 Å². The minimum absolute atomic E-state index is 0.223. The number of hydrogen-bond donors (Lipinski definition) is 0. The van der Waals surface area contributed by atoms with Crippen LogP contribution < -0.4 is 4.74 Å². The average Bonchev–Trinajstić information content (AvgIpc) is 3.45. The second kappa shape index (κ2) is 8.79. The molecule has 3 aliphatic rings. The molecule has 5 rings (SSSR count). The predicted octanol–water partition coefficient (Wildman–Crippen LogP) is 4.16. The first-order chi connectivity index (χ1) is 14.4. The molecule has 4 heterocycles. The molecule has 1 atom stereocenters. The molecule has 0 N–H and O–H groups in total. The van der Waals surface area contributed by atoms with E-state index in [0.29, 0.717) is 23.9 Å². The van der Waals surface area contributed by atoms with E-state index in [1.165, 1.54) is 25.7 Å². The quantitative estimate of drug-likeness (QED) is 0.749. The SMILES string of the molecule is c1cc(OC2CCCCC2)ncc1-c1noc(C2CCCN2C2CCOCC2)n1. The van der Waals surface area contributed by atoms with E-state index in [4.69, 9.17) is 19.0 Å². The highest BCUT2D eigenvalue weighted by molar-refractivity contribution is 5.53. The Morgan fingerprint density at radius 2 is 1.83 bits per heavy atom. The maximum Gasteiger partial charge on any atom is 0.244 e. The van der Waals surface area contributed by atoms with Gasteiger partial charge in [-0.1, -0.05) is 11.6 Å². The van der Waals surface area contributed by atoms with E-state index in [-0.39, 0.29) is 6.04 Å². The molecule has 1 aliphatic carbocycles. The Morgan fingerprint density at radius 3 is 2.62 bits per heavy atom. The summed E-state index contributed by atoms with van der Waals surface area (Å²) in [6.45, 7) is 2.80. The van der Waals surface area contributed by atoms with Gasteiger partial charge in [-0.05, 0) is 64.0 Å². The summed E-state index contributed by atoms with van der Waals surface area (Å²) in [4.78, 5) is 11.7. The van der Waals surface area contributed by atoms with Gasteiger partial charge >= 0.3 is 0 Å². The first-order valence-electron chi connectivity index (χ1n) is 11.2. The molecule has 0 spiro atoms. The standard InChI is InChI=1S/C22H30N4O3/c1-2-5-18(6-3-1)28-20-9-8-16(15-23-20)21-24-22(29-25-21)19-7-4-12-26(19)17-10-13-27-14-11-17/h8-9,15,17-19H,1-7,10-14H2. The van der Waals surface area contributed by atoms with Gasteiger partial charge in [0.25, 0.3) is 0 Å². The number of aromatic nitrogens is 3. The van der Waals surface area contributed by atoms with Crippen molar-refractivity contribution >= 4 is 0 Å². The lowest BCUT2D eigenvalue weighted by Gasteiger charge is -2.33. The summed E-state index contributed by atoms with van der Waals surface area (Å²) in [6, 6.07) is 4.68. The predicted molar refractivity (Wildman–Crippen MR) is 108 cm³/mol. The molecule has 2 saturated heterocycles. The molecule has 2 aliphatic heterocycles. The summed E-state index contributed by atoms with van der Waals surface area (Å²) in [5, 5.41) is 4.24. The molecule has 0 amide bonds. The van der Waals surface area contributed by atoms with Crippen molar-refractivity contribution in [1.82, 2.24) is 20.0 Å². The van der Waals surface area contributed by atoms with Gasteiger partial charge in [-0.25, -0.2) is 4.98 Å². The van der Waals surface area contributed by atoms with Crippen molar-refractivity contribution < 1.29 is 14.0 Å². The van der Waals surface area contributed by atoms with Crippen LogP contribution in [0.25, 0.3) is 11.4 Å². The van der Waals surface area contributed by atoms with Crippen molar-refractivity contribution in [2.24, 2.45) is 0 Å². The zero-order chi connectivity index (χ0) is 19.5. The molecular formula is C22H30N4O3. The van der Waals surface area contributed by atoms with Crippen LogP contribution in [0.3, 0.4) is 0 Å². The van der Waals surface area contributed by atoms with Gasteiger partial charge in [-0.15, -0.1) is 0 Å². The van der Waals surface area contributed by atoms with Crippen LogP contribution in [0.5, 0.6) is 5.88 Å². The van der Waals surface area contributed by atoms with E-state index < -0.39 is 0 Å². The number of ether oxygens (including phenoxy) is 2. The Balaban J connectivity index is 1.25. The van der Waals surface area contributed by atoms with Crippen molar-refractivity contribution in [3.8, 4) is 17.3 Å². The van der Waals surface area contributed by atoms with E-state index in [1.54, 1.807) is 6.20 Å². The van der Waals surface area contributed by atoms with E-state index in [1.807, 2.05) is 12.1 Å². The Hall–Kier alpha value is -1.99. The number of rotatable bonds is 5. The molecule has 0 bridgehead atoms. The third-order valence-electron chi connectivity index (χ3n) is 6.51. The van der Waals surface area contributed by atoms with Gasteiger partial charge in [-0.3, -0.25) is 4.90 Å². The van der Waals surface area contributed by atoms with E-state index in [9.17, 15) is 0 Å². The van der Waals surface area contributed by atoms with Crippen LogP contribution in [0, 0.1) is 0 Å². The lowest BCUT2D eigenvalue weighted by atomic mass is 9.98. The van der Waals surface area contributed by atoms with E-state index in [0.717, 1.165) is 63.3 Å². The van der Waals surface area contributed by atoms with Crippen LogP contribution >= 0.6 is 0 Å². The summed E-state index contributed by atoms with van der Waals surface area (Å²) in [5.74, 6) is 2.02. The normalized spacial score (nSPS) is 24.8. The number of hydrogen-bond acceptors (Lipinski definition) is 7. The van der Waals surface area contributed by atoms with Gasteiger partial charge in [-0.2, -0.15) is 4.98 Å². The molecule has 3 fully saturated rings. The topological polar surface area (TPSA) is 73.5 Å². The lowest BCUT2D eigenvalue weighted by molar-refractivity contribution is 0.0243. The zero-order valence-corrected chi connectivity index (χ0v) is 17.0. The van der Waals surface area contributed by atoms with Crippen LogP contribution in [0.2, 0.25) is 0 Å². The molecule has 7 nitrogen and oxygen atoms in total. The first kappa shape index (κ1) is 19.0. The van der Waals surface area contributed by atoms with Crippen molar-refractivity contribution in [3.63, 3.8) is 0 Å². The van der Waals surface area contributed by atoms with Crippen LogP contribution in [0.1, 0.15) is 69.7 Å². The smallest absolute Gasteiger partial charge is 0.244 e. The highest BCUT2D eigenvalue weighted by Crippen LogP contribution is 2.36. The minimum Gasteiger partial charge on any atom is -0.474 e. The molecule has 1 saturated carbocycles. The third-order valence-corrected chi connectivity index (χ3v) is 6.51. The lowest BCUT2D eigenvalue weighted by Crippen LogP contribution is -2.39. The molecule has 156 valence electrons. The van der Waals surface area contributed by atoms with Gasteiger partial charge in [0.05, 0.1) is 6.04 Å². The summed E-state index contributed by atoms with van der Waals surface area (Å²) >= 11 is 0. The summed E-state index contributed by atoms with van der Waals surface area (Å²) in [7, 11) is 0. The van der Waals surface area contributed by atoms with Crippen LogP contribution in [0.4, 0.5) is 0 Å². The van der Waals surface area contributed by atoms with Gasteiger partial charge in [0.15, 0.2) is 0 Å². The van der Waals surface area contributed by atoms with E-state index in [2.05, 4.69) is 15.0 Å². The molecule has 0 radical (unpaired) electrons. The molecule has 0 aromatic carbocycles. The van der Waals surface area contributed by atoms with E-state index >= 15 is 0 Å². The van der Waals surface area contributed by atoms with Gasteiger partial charge in [0, 0.05) is 37.1 Å². The zero-order valence-electron chi connectivity index (χ0n) is 17.0. The number of likely N-dealkylation sites (tertiary alicyclic amines) is 1. The third kappa shape index (κ3) is 4.31. The first-order valence-corrected chi connectivity index (χ1v) is 11.2. The Kier molecular flexibility index (Phi) is 5.76. The molecular weight excluding hydrogens is 368 g/mol. The maximum absolute atomic E-state index is 6.02. The summed E-state index contributed by atoms with van der Waals surface area (Å²) < 4.78 is 17.2. The Labute approximate surface area is 171 Å². The monoisotopic (exact) mass is 398 g/mol. The average molecular weight is 399 g/mol. The van der Waals surface area contributed by atoms with Crippen LogP contribution in [-0.4, -0.2) is 51.9 Å². The fourth-order valence-electron chi connectivity index (χ4n) is 4.93. The Bertz CT molecular complexity index is 782. The van der Waals surface area contributed by atoms with Gasteiger partial charge < -0.3 is 14.0 Å². The highest BCUT2D eigenvalue weighted by Gasteiger charge is 2.36. The molecule has 29 heavy (non-hydrogen) atoms. The summed E-state index contributed by atoms with van der Waals surface area (Å²) in [5.41, 5.74) is 0.867. The highest BCUT2D eigenvalue weighted by atomic mass is 16.5. The van der Waals surface area contributed by atoms with Gasteiger partial charge in [0.2, 0.25) is 17.6 Å². The Morgan fingerprint density at radius 1 is 0.966 bits per heavy atom. The summed E-state index contributed by atoms with van der Waals surface area (Å²) in [6.07, 6.45) is 12.6. The molecule has 1 unspecified atom stereocenters. The largest absolute Gasteiger partial charge is 0.474 e. The second-order valence-corrected chi connectivity index (χ2v) is 8.46. The fourth-order valence-corrected chi connectivity index (χ4v) is 4.93. The van der Waals surface area contributed by atoms with Crippen molar-refractivity contribution in [3.05, 3.63) is 24.2 Å². The maximum atomic E-state index is 6.02. The number of nitrogens with zero attached hydrogens (tertiary/aromatic N) is 4. The van der Waals surface area contributed by atoms with Crippen molar-refractivity contribution in [1.29, 1.82) is 0 Å². The van der Waals surface area contributed by atoms with Crippen LogP contribution in [0.15, 0.2) is 22.9 Å². The van der Waals surface area contributed by atoms with Crippen LogP contribution in [-0.2, 0) is 4.74 Å². The molecule has 2 aromatic rings.